The molecule has 0 spiro atoms. The Morgan fingerprint density at radius 2 is 1.92 bits per heavy atom. The fourth-order valence-electron chi connectivity index (χ4n) is 1.12. The molecule has 1 aromatic carbocycles. The van der Waals surface area contributed by atoms with Crippen LogP contribution < -0.4 is 0 Å². The molecule has 1 aliphatic heterocycles. The lowest BCUT2D eigenvalue weighted by atomic mass is 10.2. The second-order valence-electron chi connectivity index (χ2n) is 2.79. The van der Waals surface area contributed by atoms with E-state index in [2.05, 4.69) is 29.3 Å². The van der Waals surface area contributed by atoms with E-state index in [4.69, 9.17) is 0 Å². The van der Waals surface area contributed by atoms with Crippen LogP contribution in [-0.4, -0.2) is 16.0 Å². The molecule has 1 nitrogen and oxygen atoms in total. The Morgan fingerprint density at radius 1 is 1.15 bits per heavy atom. The average Bonchev–Trinajstić information content (AvgIpc) is 2.11. The predicted molar refractivity (Wildman–Crippen MR) is 62.5 cm³/mol. The fraction of sp³-hybridized carbons (Fsp3) is 0.300. The highest BCUT2D eigenvalue weighted by Gasteiger charge is 2.10. The van der Waals surface area contributed by atoms with Crippen LogP contribution in [0.3, 0.4) is 0 Å². The smallest absolute Gasteiger partial charge is 0.126 e. The van der Waals surface area contributed by atoms with Crippen molar-refractivity contribution in [1.82, 2.24) is 0 Å². The minimum absolute atomic E-state index is 0.930. The highest BCUT2D eigenvalue weighted by Crippen LogP contribution is 2.32. The molecule has 1 aromatic rings. The number of thioether (sulfide) groups is 2. The van der Waals surface area contributed by atoms with Crippen molar-refractivity contribution in [2.24, 2.45) is 4.99 Å². The molecule has 3 heteroatoms. The van der Waals surface area contributed by atoms with Crippen LogP contribution in [0.2, 0.25) is 0 Å². The van der Waals surface area contributed by atoms with E-state index in [1.165, 1.54) is 15.0 Å². The van der Waals surface area contributed by atoms with Gasteiger partial charge < -0.3 is 0 Å². The van der Waals surface area contributed by atoms with Gasteiger partial charge in [-0.05, 0) is 12.0 Å². The Bertz CT molecular complexity index is 289. The van der Waals surface area contributed by atoms with E-state index >= 15 is 0 Å². The second-order valence-corrected chi connectivity index (χ2v) is 5.34. The van der Waals surface area contributed by atoms with Crippen molar-refractivity contribution in [3.63, 3.8) is 0 Å². The predicted octanol–water partition coefficient (Wildman–Crippen LogP) is 3.02. The first-order chi connectivity index (χ1) is 6.45. The van der Waals surface area contributed by atoms with E-state index in [9.17, 15) is 0 Å². The van der Waals surface area contributed by atoms with Crippen molar-refractivity contribution in [2.75, 3.05) is 11.6 Å². The van der Waals surface area contributed by atoms with Crippen molar-refractivity contribution in [1.29, 1.82) is 0 Å². The molecule has 1 fully saturated rings. The molecule has 1 aliphatic rings. The zero-order valence-electron chi connectivity index (χ0n) is 7.27. The minimum atomic E-state index is 0.930. The molecule has 0 aromatic heterocycles. The zero-order valence-corrected chi connectivity index (χ0v) is 8.90. The van der Waals surface area contributed by atoms with Gasteiger partial charge in [-0.3, -0.25) is 4.99 Å². The van der Waals surface area contributed by atoms with Gasteiger partial charge in [0.1, 0.15) is 4.38 Å². The number of nitrogens with zero attached hydrogens (tertiary/aromatic N) is 1. The molecule has 68 valence electrons. The van der Waals surface area contributed by atoms with Crippen LogP contribution in [0.1, 0.15) is 5.56 Å². The van der Waals surface area contributed by atoms with Gasteiger partial charge in [-0.2, -0.15) is 0 Å². The van der Waals surface area contributed by atoms with Crippen LogP contribution in [0, 0.1) is 0 Å². The van der Waals surface area contributed by atoms with E-state index in [0.717, 1.165) is 13.0 Å². The first-order valence-corrected chi connectivity index (χ1v) is 6.26. The Balaban J connectivity index is 1.79. The van der Waals surface area contributed by atoms with Gasteiger partial charge in [-0.25, -0.2) is 0 Å². The topological polar surface area (TPSA) is 12.4 Å². The molecule has 0 atom stereocenters. The SMILES string of the molecule is c1ccc(CCN=C2SCS2)cc1. The summed E-state index contributed by atoms with van der Waals surface area (Å²) < 4.78 is 1.26. The molecule has 0 amide bonds. The monoisotopic (exact) mass is 209 g/mol. The number of rotatable bonds is 3. The Kier molecular flexibility index (Phi) is 3.33. The summed E-state index contributed by atoms with van der Waals surface area (Å²) in [6.07, 6.45) is 1.06. The quantitative estimate of drug-likeness (QED) is 0.758. The molecule has 2 rings (SSSR count). The van der Waals surface area contributed by atoms with Crippen LogP contribution in [0.4, 0.5) is 0 Å². The lowest BCUT2D eigenvalue weighted by Gasteiger charge is -2.12. The van der Waals surface area contributed by atoms with Gasteiger partial charge >= 0.3 is 0 Å². The number of hydrogen-bond acceptors (Lipinski definition) is 3. The molecule has 0 bridgehead atoms. The molecule has 0 radical (unpaired) electrons. The van der Waals surface area contributed by atoms with Crippen LogP contribution in [0.5, 0.6) is 0 Å². The molecule has 1 saturated heterocycles. The molecule has 0 saturated carbocycles. The Hall–Kier alpha value is -0.410. The van der Waals surface area contributed by atoms with Crippen molar-refractivity contribution >= 4 is 27.9 Å². The van der Waals surface area contributed by atoms with E-state index in [1.54, 1.807) is 0 Å². The normalized spacial score (nSPS) is 15.2. The average molecular weight is 209 g/mol. The number of hydrogen-bond donors (Lipinski definition) is 0. The fourth-order valence-corrected chi connectivity index (χ4v) is 2.38. The lowest BCUT2D eigenvalue weighted by Crippen LogP contribution is -2.00. The van der Waals surface area contributed by atoms with Crippen molar-refractivity contribution in [2.45, 2.75) is 6.42 Å². The van der Waals surface area contributed by atoms with Gasteiger partial charge in [0.25, 0.3) is 0 Å². The van der Waals surface area contributed by atoms with Gasteiger partial charge in [0, 0.05) is 6.54 Å². The lowest BCUT2D eigenvalue weighted by molar-refractivity contribution is 0.975. The summed E-state index contributed by atoms with van der Waals surface area (Å²) in [5.74, 6) is 0. The van der Waals surface area contributed by atoms with Gasteiger partial charge in [0.15, 0.2) is 0 Å². The summed E-state index contributed by atoms with van der Waals surface area (Å²) in [5.41, 5.74) is 1.38. The molecule has 13 heavy (non-hydrogen) atoms. The molecule has 1 heterocycles. The highest BCUT2D eigenvalue weighted by molar-refractivity contribution is 8.52. The number of aliphatic imine (C=N–C) groups is 1. The Labute approximate surface area is 87.0 Å². The van der Waals surface area contributed by atoms with E-state index in [-0.39, 0.29) is 0 Å². The zero-order chi connectivity index (χ0) is 8.93. The maximum Gasteiger partial charge on any atom is 0.126 e. The summed E-state index contributed by atoms with van der Waals surface area (Å²) in [5, 5.41) is 1.18. The summed E-state index contributed by atoms with van der Waals surface area (Å²) in [6, 6.07) is 10.5. The van der Waals surface area contributed by atoms with Crippen LogP contribution in [-0.2, 0) is 6.42 Å². The molecule has 0 N–H and O–H groups in total. The summed E-state index contributed by atoms with van der Waals surface area (Å²) in [6.45, 7) is 0.930. The van der Waals surface area contributed by atoms with Gasteiger partial charge in [-0.15, -0.1) is 0 Å². The maximum absolute atomic E-state index is 4.47. The molecule has 0 aliphatic carbocycles. The third kappa shape index (κ3) is 2.78. The van der Waals surface area contributed by atoms with E-state index < -0.39 is 0 Å². The molecule has 0 unspecified atom stereocenters. The Morgan fingerprint density at radius 3 is 2.54 bits per heavy atom. The maximum atomic E-state index is 4.47. The number of benzene rings is 1. The van der Waals surface area contributed by atoms with Gasteiger partial charge in [-0.1, -0.05) is 53.9 Å². The minimum Gasteiger partial charge on any atom is -0.271 e. The van der Waals surface area contributed by atoms with E-state index in [0.29, 0.717) is 0 Å². The van der Waals surface area contributed by atoms with Crippen LogP contribution in [0.15, 0.2) is 35.3 Å². The molecular formula is C10H11NS2. The highest BCUT2D eigenvalue weighted by atomic mass is 32.3. The summed E-state index contributed by atoms with van der Waals surface area (Å²) in [4.78, 5) is 4.47. The third-order valence-electron chi connectivity index (χ3n) is 1.85. The third-order valence-corrected chi connectivity index (χ3v) is 4.25. The van der Waals surface area contributed by atoms with E-state index in [1.807, 2.05) is 29.6 Å². The first-order valence-electron chi connectivity index (χ1n) is 4.29. The van der Waals surface area contributed by atoms with Gasteiger partial charge in [0.2, 0.25) is 0 Å². The standard InChI is InChI=1S/C10H11NS2/c1-2-4-9(5-3-1)6-7-11-10-12-8-13-10/h1-5H,6-8H2. The van der Waals surface area contributed by atoms with Crippen LogP contribution >= 0.6 is 23.5 Å². The van der Waals surface area contributed by atoms with Crippen molar-refractivity contribution in [3.05, 3.63) is 35.9 Å². The second kappa shape index (κ2) is 4.72. The summed E-state index contributed by atoms with van der Waals surface area (Å²) in [7, 11) is 0. The molecular weight excluding hydrogens is 198 g/mol. The summed E-state index contributed by atoms with van der Waals surface area (Å²) >= 11 is 3.71. The largest absolute Gasteiger partial charge is 0.271 e. The first kappa shape index (κ1) is 9.16. The van der Waals surface area contributed by atoms with Gasteiger partial charge in [0.05, 0.1) is 5.08 Å². The van der Waals surface area contributed by atoms with Crippen molar-refractivity contribution < 1.29 is 0 Å². The van der Waals surface area contributed by atoms with Crippen LogP contribution in [0.25, 0.3) is 0 Å². The van der Waals surface area contributed by atoms with Crippen molar-refractivity contribution in [3.8, 4) is 0 Å².